The molecule has 16 heteroatoms. The van der Waals surface area contributed by atoms with Crippen LogP contribution in [0.4, 0.5) is 0 Å². The molecule has 3 aliphatic rings. The second-order valence-electron chi connectivity index (χ2n) is 13.9. The van der Waals surface area contributed by atoms with Crippen molar-refractivity contribution in [3.63, 3.8) is 0 Å². The number of hydrogen-bond acceptors (Lipinski definition) is 10. The van der Waals surface area contributed by atoms with E-state index < -0.39 is 59.9 Å². The summed E-state index contributed by atoms with van der Waals surface area (Å²) in [5.41, 5.74) is 1.98. The lowest BCUT2D eigenvalue weighted by atomic mass is 10.0. The van der Waals surface area contributed by atoms with E-state index in [1.165, 1.54) is 16.2 Å². The summed E-state index contributed by atoms with van der Waals surface area (Å²) in [5.74, 6) is -3.12. The molecule has 4 aromatic rings. The minimum atomic E-state index is -1.30. The quantitative estimate of drug-likeness (QED) is 0.178. The normalized spacial score (nSPS) is 21.9. The van der Waals surface area contributed by atoms with Crippen LogP contribution in [0, 0.1) is 5.92 Å². The van der Waals surface area contributed by atoms with Crippen LogP contribution < -0.4 is 26.0 Å². The number of ether oxygens (including phenoxy) is 1. The van der Waals surface area contributed by atoms with Crippen LogP contribution in [0.25, 0.3) is 10.1 Å². The SMILES string of the molecule is CNC(C)C(=O)NC(C(=O)N1CC2CC1C(=O)NC(Cc1csc3ccccc13)C(=O)NC(C(=O)O)Cc1ccc(cc1)OCc1cn2nn1)C(C)C. The first-order chi connectivity index (χ1) is 25.4. The molecule has 15 nitrogen and oxygen atoms in total. The molecule has 2 aromatic carbocycles. The Kier molecular flexibility index (Phi) is 11.4. The maximum atomic E-state index is 14.4. The minimum absolute atomic E-state index is 0.0151. The molecule has 3 aliphatic heterocycles. The summed E-state index contributed by atoms with van der Waals surface area (Å²) in [6, 6.07) is 9.06. The van der Waals surface area contributed by atoms with E-state index in [1.807, 2.05) is 43.5 Å². The third-order valence-electron chi connectivity index (χ3n) is 9.84. The highest BCUT2D eigenvalue weighted by Crippen LogP contribution is 2.30. The number of likely N-dealkylation sites (tertiary alicyclic amines) is 1. The third-order valence-corrected chi connectivity index (χ3v) is 10.8. The highest BCUT2D eigenvalue weighted by atomic mass is 32.1. The lowest BCUT2D eigenvalue weighted by molar-refractivity contribution is -0.144. The maximum Gasteiger partial charge on any atom is 0.326 e. The van der Waals surface area contributed by atoms with Crippen LogP contribution in [0.3, 0.4) is 0 Å². The van der Waals surface area contributed by atoms with Crippen LogP contribution >= 0.6 is 11.3 Å². The van der Waals surface area contributed by atoms with Crippen molar-refractivity contribution in [1.29, 1.82) is 0 Å². The van der Waals surface area contributed by atoms with Gasteiger partial charge < -0.3 is 36.0 Å². The molecular formula is C37H44N8O7S. The van der Waals surface area contributed by atoms with Gasteiger partial charge in [-0.15, -0.1) is 16.4 Å². The average molecular weight is 745 g/mol. The number of nitrogens with one attached hydrogen (secondary N) is 4. The Bertz CT molecular complexity index is 1980. The minimum Gasteiger partial charge on any atom is -0.487 e. The van der Waals surface area contributed by atoms with Crippen LogP contribution in [0.1, 0.15) is 50.1 Å². The Morgan fingerprint density at radius 2 is 1.81 bits per heavy atom. The second-order valence-corrected chi connectivity index (χ2v) is 14.8. The lowest BCUT2D eigenvalue weighted by Gasteiger charge is -2.31. The Morgan fingerprint density at radius 3 is 2.53 bits per heavy atom. The Labute approximate surface area is 310 Å². The highest BCUT2D eigenvalue weighted by molar-refractivity contribution is 7.17. The van der Waals surface area contributed by atoms with Gasteiger partial charge in [0, 0.05) is 30.5 Å². The van der Waals surface area contributed by atoms with Crippen molar-refractivity contribution in [1.82, 2.24) is 41.2 Å². The number of carboxylic acid groups (broad SMARTS) is 1. The largest absolute Gasteiger partial charge is 0.487 e. The van der Waals surface area contributed by atoms with Crippen LogP contribution in [0.15, 0.2) is 60.1 Å². The monoisotopic (exact) mass is 744 g/mol. The zero-order valence-electron chi connectivity index (χ0n) is 29.9. The number of thiophene rings is 1. The van der Waals surface area contributed by atoms with Gasteiger partial charge in [0.25, 0.3) is 0 Å². The fraction of sp³-hybridized carbons (Fsp3) is 0.432. The van der Waals surface area contributed by atoms with Gasteiger partial charge in [-0.3, -0.25) is 19.2 Å². The molecule has 6 bridgehead atoms. The number of benzene rings is 2. The first kappa shape index (κ1) is 37.4. The Morgan fingerprint density at radius 1 is 1.06 bits per heavy atom. The molecule has 53 heavy (non-hydrogen) atoms. The zero-order chi connectivity index (χ0) is 37.8. The van der Waals surface area contributed by atoms with Gasteiger partial charge in [-0.05, 0) is 60.0 Å². The number of likely N-dealkylation sites (N-methyl/N-ethyl adjacent to an activating group) is 1. The first-order valence-corrected chi connectivity index (χ1v) is 18.5. The van der Waals surface area contributed by atoms with Gasteiger partial charge in [0.05, 0.1) is 18.3 Å². The molecule has 2 aromatic heterocycles. The molecule has 6 unspecified atom stereocenters. The van der Waals surface area contributed by atoms with Crippen molar-refractivity contribution in [2.24, 2.45) is 5.92 Å². The van der Waals surface area contributed by atoms with Gasteiger partial charge >= 0.3 is 5.97 Å². The van der Waals surface area contributed by atoms with E-state index in [0.717, 1.165) is 15.6 Å². The van der Waals surface area contributed by atoms with Gasteiger partial charge in [-0.1, -0.05) is 49.4 Å². The molecule has 4 amide bonds. The van der Waals surface area contributed by atoms with Gasteiger partial charge in [-0.2, -0.15) is 0 Å². The summed E-state index contributed by atoms with van der Waals surface area (Å²) in [6.45, 7) is 5.48. The third kappa shape index (κ3) is 8.49. The molecule has 0 radical (unpaired) electrons. The van der Waals surface area contributed by atoms with E-state index in [1.54, 1.807) is 49.1 Å². The summed E-state index contributed by atoms with van der Waals surface area (Å²) in [4.78, 5) is 69.7. The molecule has 5 N–H and O–H groups in total. The Balaban J connectivity index is 1.37. The fourth-order valence-electron chi connectivity index (χ4n) is 6.63. The molecule has 280 valence electrons. The standard InChI is InChI=1S/C37H44N8O7S/c1-20(2)32(41-33(46)21(3)38-4)36(49)44-17-25-15-30(44)35(48)39-28(14-23-19-53-31-8-6-5-7-27(23)31)34(47)40-29(37(50)51)13-22-9-11-26(12-10-22)52-18-24-16-45(25)43-42-24/h5-12,16,19-21,25,28-30,32,38H,13-15,17-18H2,1-4H3,(H,39,48)(H,40,47)(H,41,46)(H,50,51). The Hall–Kier alpha value is -5.35. The van der Waals surface area contributed by atoms with Gasteiger partial charge in [0.1, 0.15) is 42.2 Å². The lowest BCUT2D eigenvalue weighted by Crippen LogP contribution is -2.59. The number of carbonyl (C=O) groups is 5. The molecule has 0 spiro atoms. The smallest absolute Gasteiger partial charge is 0.326 e. The van der Waals surface area contributed by atoms with Gasteiger partial charge in [0.2, 0.25) is 23.6 Å². The van der Waals surface area contributed by atoms with Crippen LogP contribution in [0.5, 0.6) is 5.75 Å². The van der Waals surface area contributed by atoms with E-state index in [0.29, 0.717) is 17.0 Å². The van der Waals surface area contributed by atoms with Crippen molar-refractivity contribution >= 4 is 51.0 Å². The molecule has 6 atom stereocenters. The second kappa shape index (κ2) is 16.1. The number of carbonyl (C=O) groups excluding carboxylic acids is 4. The molecule has 0 aliphatic carbocycles. The summed E-state index contributed by atoms with van der Waals surface area (Å²) in [7, 11) is 1.64. The number of aromatic nitrogens is 3. The van der Waals surface area contributed by atoms with Gasteiger partial charge in [0.15, 0.2) is 0 Å². The number of rotatable bonds is 8. The average Bonchev–Trinajstić information content (AvgIpc) is 3.91. The molecule has 5 heterocycles. The van der Waals surface area contributed by atoms with Crippen molar-refractivity contribution in [2.75, 3.05) is 13.6 Å². The highest BCUT2D eigenvalue weighted by Gasteiger charge is 2.45. The van der Waals surface area contributed by atoms with E-state index in [4.69, 9.17) is 4.74 Å². The van der Waals surface area contributed by atoms with E-state index >= 15 is 0 Å². The summed E-state index contributed by atoms with van der Waals surface area (Å²) < 4.78 is 8.52. The summed E-state index contributed by atoms with van der Waals surface area (Å²) >= 11 is 1.50. The predicted octanol–water partition coefficient (Wildman–Crippen LogP) is 1.82. The topological polar surface area (TPSA) is 197 Å². The van der Waals surface area contributed by atoms with Crippen molar-refractivity contribution in [2.45, 2.75) is 82.9 Å². The van der Waals surface area contributed by atoms with Crippen LogP contribution in [0.2, 0.25) is 0 Å². The van der Waals surface area contributed by atoms with Crippen LogP contribution in [-0.4, -0.2) is 98.4 Å². The fourth-order valence-corrected chi connectivity index (χ4v) is 7.61. The molecular weight excluding hydrogens is 701 g/mol. The van der Waals surface area contributed by atoms with E-state index in [9.17, 15) is 29.1 Å². The molecule has 1 saturated heterocycles. The first-order valence-electron chi connectivity index (χ1n) is 17.6. The number of carboxylic acids is 1. The van der Waals surface area contributed by atoms with Crippen molar-refractivity contribution < 1.29 is 33.8 Å². The number of aliphatic carboxylic acids is 1. The van der Waals surface area contributed by atoms with Crippen molar-refractivity contribution in [3.8, 4) is 5.75 Å². The van der Waals surface area contributed by atoms with E-state index in [-0.39, 0.29) is 44.2 Å². The number of hydrogen-bond donors (Lipinski definition) is 5. The maximum absolute atomic E-state index is 14.4. The van der Waals surface area contributed by atoms with Gasteiger partial charge in [-0.25, -0.2) is 9.48 Å². The predicted molar refractivity (Wildman–Crippen MR) is 196 cm³/mol. The number of amides is 4. The van der Waals surface area contributed by atoms with Crippen molar-refractivity contribution in [3.05, 3.63) is 76.9 Å². The number of fused-ring (bicyclic) bond motifs is 10. The molecule has 7 rings (SSSR count). The summed E-state index contributed by atoms with van der Waals surface area (Å²) in [6.07, 6.45) is 1.91. The number of nitrogens with zero attached hydrogens (tertiary/aromatic N) is 4. The zero-order valence-corrected chi connectivity index (χ0v) is 30.8. The summed E-state index contributed by atoms with van der Waals surface area (Å²) in [5, 5.41) is 32.8. The molecule has 0 saturated carbocycles. The van der Waals surface area contributed by atoms with Crippen LogP contribution in [-0.2, 0) is 43.4 Å². The molecule has 1 fully saturated rings. The van der Waals surface area contributed by atoms with E-state index in [2.05, 4.69) is 31.6 Å².